The van der Waals surface area contributed by atoms with Crippen molar-refractivity contribution in [3.63, 3.8) is 0 Å². The standard InChI is InChI=1S/C19H17N3O3/c23-17-15-8-4-5-9-16(15)25-19(20-17)22-12-10-21(11-13-22)18(24)14-6-2-1-3-7-14/h1-9H,10-13H2. The lowest BCUT2D eigenvalue weighted by Crippen LogP contribution is -2.49. The number of anilines is 1. The van der Waals surface area contributed by atoms with Gasteiger partial charge >= 0.3 is 6.01 Å². The maximum atomic E-state index is 12.5. The number of aromatic nitrogens is 1. The van der Waals surface area contributed by atoms with Crippen molar-refractivity contribution in [3.8, 4) is 0 Å². The highest BCUT2D eigenvalue weighted by atomic mass is 16.4. The number of para-hydroxylation sites is 1. The minimum Gasteiger partial charge on any atom is -0.425 e. The van der Waals surface area contributed by atoms with Gasteiger partial charge in [0, 0.05) is 31.7 Å². The SMILES string of the molecule is O=C(c1ccccc1)N1CCN(c2nc(=O)c3ccccc3o2)CC1. The molecule has 0 unspecified atom stereocenters. The molecule has 1 fully saturated rings. The Bertz CT molecular complexity index is 960. The molecule has 6 heteroatoms. The molecule has 2 heterocycles. The Kier molecular flexibility index (Phi) is 3.93. The summed E-state index contributed by atoms with van der Waals surface area (Å²) in [5.74, 6) is 0.0215. The van der Waals surface area contributed by atoms with E-state index >= 15 is 0 Å². The molecule has 0 N–H and O–H groups in total. The fraction of sp³-hybridized carbons (Fsp3) is 0.211. The van der Waals surface area contributed by atoms with Gasteiger partial charge in [-0.25, -0.2) is 0 Å². The summed E-state index contributed by atoms with van der Waals surface area (Å²) < 4.78 is 5.77. The van der Waals surface area contributed by atoms with Crippen LogP contribution in [-0.2, 0) is 0 Å². The lowest BCUT2D eigenvalue weighted by molar-refractivity contribution is 0.0745. The third kappa shape index (κ3) is 2.98. The summed E-state index contributed by atoms with van der Waals surface area (Å²) in [5, 5.41) is 0.476. The highest BCUT2D eigenvalue weighted by Crippen LogP contribution is 2.18. The van der Waals surface area contributed by atoms with E-state index in [9.17, 15) is 9.59 Å². The number of hydrogen-bond acceptors (Lipinski definition) is 5. The maximum absolute atomic E-state index is 12.5. The molecule has 0 saturated carbocycles. The molecule has 4 rings (SSSR count). The Morgan fingerprint density at radius 1 is 0.920 bits per heavy atom. The Morgan fingerprint density at radius 2 is 1.60 bits per heavy atom. The van der Waals surface area contributed by atoms with E-state index in [1.807, 2.05) is 46.2 Å². The molecule has 1 amide bonds. The zero-order valence-corrected chi connectivity index (χ0v) is 13.6. The molecule has 2 aromatic carbocycles. The van der Waals surface area contributed by atoms with Crippen LogP contribution in [0.2, 0.25) is 0 Å². The van der Waals surface area contributed by atoms with Crippen molar-refractivity contribution in [2.45, 2.75) is 0 Å². The summed E-state index contributed by atoms with van der Waals surface area (Å²) in [6.07, 6.45) is 0. The van der Waals surface area contributed by atoms with E-state index in [0.29, 0.717) is 48.7 Å². The summed E-state index contributed by atoms with van der Waals surface area (Å²) >= 11 is 0. The Hall–Kier alpha value is -3.15. The zero-order valence-electron chi connectivity index (χ0n) is 13.6. The number of nitrogens with zero attached hydrogens (tertiary/aromatic N) is 3. The Morgan fingerprint density at radius 3 is 2.36 bits per heavy atom. The van der Waals surface area contributed by atoms with Gasteiger partial charge in [0.1, 0.15) is 5.58 Å². The van der Waals surface area contributed by atoms with Crippen LogP contribution in [0.5, 0.6) is 0 Å². The van der Waals surface area contributed by atoms with E-state index in [0.717, 1.165) is 0 Å². The molecule has 1 aliphatic rings. The maximum Gasteiger partial charge on any atom is 0.301 e. The van der Waals surface area contributed by atoms with Crippen LogP contribution in [0, 0.1) is 0 Å². The number of carbonyl (C=O) groups is 1. The first-order valence-corrected chi connectivity index (χ1v) is 8.21. The van der Waals surface area contributed by atoms with Gasteiger partial charge in [-0.2, -0.15) is 4.98 Å². The molecule has 25 heavy (non-hydrogen) atoms. The summed E-state index contributed by atoms with van der Waals surface area (Å²) in [5.41, 5.74) is 0.922. The van der Waals surface area contributed by atoms with Crippen LogP contribution in [0.4, 0.5) is 6.01 Å². The lowest BCUT2D eigenvalue weighted by atomic mass is 10.2. The van der Waals surface area contributed by atoms with Crippen LogP contribution in [0.25, 0.3) is 11.0 Å². The van der Waals surface area contributed by atoms with Crippen molar-refractivity contribution in [2.75, 3.05) is 31.1 Å². The van der Waals surface area contributed by atoms with E-state index < -0.39 is 0 Å². The number of piperazine rings is 1. The largest absolute Gasteiger partial charge is 0.425 e. The molecule has 0 radical (unpaired) electrons. The molecule has 0 bridgehead atoms. The first kappa shape index (κ1) is 15.4. The summed E-state index contributed by atoms with van der Waals surface area (Å²) in [7, 11) is 0. The third-order valence-electron chi connectivity index (χ3n) is 4.37. The first-order valence-electron chi connectivity index (χ1n) is 8.21. The topological polar surface area (TPSA) is 66.7 Å². The molecule has 3 aromatic rings. The molecular formula is C19H17N3O3. The number of rotatable bonds is 2. The molecule has 1 aromatic heterocycles. The van der Waals surface area contributed by atoms with Crippen molar-refractivity contribution in [1.82, 2.24) is 9.88 Å². The number of amides is 1. The molecule has 0 atom stereocenters. The van der Waals surface area contributed by atoms with Crippen LogP contribution in [0.15, 0.2) is 63.8 Å². The predicted molar refractivity (Wildman–Crippen MR) is 94.8 cm³/mol. The lowest BCUT2D eigenvalue weighted by Gasteiger charge is -2.34. The smallest absolute Gasteiger partial charge is 0.301 e. The van der Waals surface area contributed by atoms with Crippen molar-refractivity contribution in [3.05, 3.63) is 70.5 Å². The molecule has 1 saturated heterocycles. The second-order valence-electron chi connectivity index (χ2n) is 5.94. The van der Waals surface area contributed by atoms with Gasteiger partial charge in [0.15, 0.2) is 0 Å². The number of carbonyl (C=O) groups excluding carboxylic acids is 1. The van der Waals surface area contributed by atoms with Crippen LogP contribution >= 0.6 is 0 Å². The van der Waals surface area contributed by atoms with Crippen molar-refractivity contribution >= 4 is 22.9 Å². The molecular weight excluding hydrogens is 318 g/mol. The normalized spacial score (nSPS) is 14.7. The van der Waals surface area contributed by atoms with Gasteiger partial charge < -0.3 is 14.2 Å². The number of fused-ring (bicyclic) bond motifs is 1. The number of benzene rings is 2. The van der Waals surface area contributed by atoms with Crippen LogP contribution < -0.4 is 10.5 Å². The highest BCUT2D eigenvalue weighted by Gasteiger charge is 2.24. The van der Waals surface area contributed by atoms with Gasteiger partial charge in [0.25, 0.3) is 11.5 Å². The molecule has 0 aliphatic carbocycles. The Labute approximate surface area is 144 Å². The van der Waals surface area contributed by atoms with Gasteiger partial charge in [-0.05, 0) is 24.3 Å². The average Bonchev–Trinajstić information content (AvgIpc) is 2.68. The van der Waals surface area contributed by atoms with E-state index in [-0.39, 0.29) is 11.5 Å². The molecule has 1 aliphatic heterocycles. The van der Waals surface area contributed by atoms with Crippen molar-refractivity contribution in [1.29, 1.82) is 0 Å². The van der Waals surface area contributed by atoms with Gasteiger partial charge in [0.05, 0.1) is 5.39 Å². The zero-order chi connectivity index (χ0) is 17.2. The molecule has 6 nitrogen and oxygen atoms in total. The minimum atomic E-state index is -0.292. The quantitative estimate of drug-likeness (QED) is 0.718. The highest BCUT2D eigenvalue weighted by molar-refractivity contribution is 5.94. The summed E-state index contributed by atoms with van der Waals surface area (Å²) in [6.45, 7) is 2.28. The molecule has 0 spiro atoms. The van der Waals surface area contributed by atoms with Gasteiger partial charge in [-0.15, -0.1) is 0 Å². The second kappa shape index (κ2) is 6.39. The van der Waals surface area contributed by atoms with Crippen LogP contribution in [-0.4, -0.2) is 42.0 Å². The van der Waals surface area contributed by atoms with E-state index in [4.69, 9.17) is 4.42 Å². The number of hydrogen-bond donors (Lipinski definition) is 0. The first-order chi connectivity index (χ1) is 12.2. The van der Waals surface area contributed by atoms with Crippen LogP contribution in [0.3, 0.4) is 0 Å². The van der Waals surface area contributed by atoms with E-state index in [2.05, 4.69) is 4.98 Å². The van der Waals surface area contributed by atoms with Crippen LogP contribution in [0.1, 0.15) is 10.4 Å². The predicted octanol–water partition coefficient (Wildman–Crippen LogP) is 2.15. The van der Waals surface area contributed by atoms with E-state index in [1.165, 1.54) is 0 Å². The summed E-state index contributed by atoms with van der Waals surface area (Å²) in [6, 6.07) is 16.6. The Balaban J connectivity index is 1.51. The van der Waals surface area contributed by atoms with Crippen molar-refractivity contribution < 1.29 is 9.21 Å². The average molecular weight is 335 g/mol. The van der Waals surface area contributed by atoms with Gasteiger partial charge in [-0.3, -0.25) is 9.59 Å². The fourth-order valence-corrected chi connectivity index (χ4v) is 3.00. The fourth-order valence-electron chi connectivity index (χ4n) is 3.00. The molecule has 126 valence electrons. The third-order valence-corrected chi connectivity index (χ3v) is 4.37. The van der Waals surface area contributed by atoms with Crippen molar-refractivity contribution in [2.24, 2.45) is 0 Å². The van der Waals surface area contributed by atoms with E-state index in [1.54, 1.807) is 18.2 Å². The van der Waals surface area contributed by atoms with Gasteiger partial charge in [-0.1, -0.05) is 30.3 Å². The minimum absolute atomic E-state index is 0.0215. The van der Waals surface area contributed by atoms with Gasteiger partial charge in [0.2, 0.25) is 0 Å². The summed E-state index contributed by atoms with van der Waals surface area (Å²) in [4.78, 5) is 32.4. The monoisotopic (exact) mass is 335 g/mol. The second-order valence-corrected chi connectivity index (χ2v) is 5.94.